The lowest BCUT2D eigenvalue weighted by atomic mass is 10.1. The normalized spacial score (nSPS) is 10.6. The number of hydrogen-bond acceptors (Lipinski definition) is 3. The van der Waals surface area contributed by atoms with Gasteiger partial charge in [0.25, 0.3) is 5.56 Å². The van der Waals surface area contributed by atoms with Gasteiger partial charge in [0.05, 0.1) is 24.8 Å². The smallest absolute Gasteiger partial charge is 0.251 e. The van der Waals surface area contributed by atoms with Crippen LogP contribution in [-0.4, -0.2) is 20.1 Å². The maximum atomic E-state index is 12.6. The second-order valence-corrected chi connectivity index (χ2v) is 5.84. The lowest BCUT2D eigenvalue weighted by Gasteiger charge is -2.07. The fourth-order valence-electron chi connectivity index (χ4n) is 2.66. The predicted octanol–water partition coefficient (Wildman–Crippen LogP) is 2.93. The van der Waals surface area contributed by atoms with Gasteiger partial charge in [-0.25, -0.2) is 0 Å². The zero-order chi connectivity index (χ0) is 17.8. The highest BCUT2D eigenvalue weighted by Crippen LogP contribution is 2.12. The number of ketones is 1. The molecule has 3 aromatic rings. The molecule has 0 unspecified atom stereocenters. The molecule has 1 aromatic carbocycles. The Hall–Kier alpha value is -3.21. The first-order valence-corrected chi connectivity index (χ1v) is 8.01. The highest BCUT2D eigenvalue weighted by Gasteiger charge is 2.15. The van der Waals surface area contributed by atoms with Crippen LogP contribution in [0.15, 0.2) is 66.2 Å². The molecule has 0 N–H and O–H groups in total. The molecule has 0 aliphatic heterocycles. The monoisotopic (exact) mass is 333 g/mol. The molecule has 0 aliphatic carbocycles. The summed E-state index contributed by atoms with van der Waals surface area (Å²) >= 11 is 0. The van der Waals surface area contributed by atoms with Crippen molar-refractivity contribution in [3.8, 4) is 0 Å². The minimum absolute atomic E-state index is 0.00583. The topological polar surface area (TPSA) is 56.9 Å². The van der Waals surface area contributed by atoms with Crippen LogP contribution in [0.1, 0.15) is 27.2 Å². The van der Waals surface area contributed by atoms with Gasteiger partial charge >= 0.3 is 0 Å². The summed E-state index contributed by atoms with van der Waals surface area (Å²) in [5.41, 5.74) is 2.96. The lowest BCUT2D eigenvalue weighted by molar-refractivity contribution is 0.0970. The molecule has 25 heavy (non-hydrogen) atoms. The molecule has 0 fully saturated rings. The molecule has 126 valence electrons. The first-order valence-electron chi connectivity index (χ1n) is 8.01. The van der Waals surface area contributed by atoms with Gasteiger partial charge in [0.2, 0.25) is 0 Å². The Morgan fingerprint density at radius 2 is 2.00 bits per heavy atom. The number of benzene rings is 1. The Labute approximate surface area is 145 Å². The summed E-state index contributed by atoms with van der Waals surface area (Å²) in [5, 5.41) is 4.32. The minimum atomic E-state index is -0.222. The second kappa shape index (κ2) is 7.13. The highest BCUT2D eigenvalue weighted by molar-refractivity contribution is 5.96. The highest BCUT2D eigenvalue weighted by atomic mass is 16.1. The molecule has 0 amide bonds. The largest absolute Gasteiger partial charge is 0.308 e. The van der Waals surface area contributed by atoms with Gasteiger partial charge in [-0.2, -0.15) is 5.10 Å². The standard InChI is InChI=1S/C20H19N3O2/c1-3-16-9-10-22(20(25)11-16)14-19(24)18-12-21-23(15(18)2)13-17-7-5-4-6-8-17/h3-12H,1,13-14H2,2H3. The molecule has 3 rings (SSSR count). The van der Waals surface area contributed by atoms with Gasteiger partial charge in [0, 0.05) is 18.0 Å². The average molecular weight is 333 g/mol. The number of nitrogens with zero attached hydrogens (tertiary/aromatic N) is 3. The van der Waals surface area contributed by atoms with Gasteiger partial charge in [-0.15, -0.1) is 0 Å². The van der Waals surface area contributed by atoms with E-state index in [0.717, 1.165) is 16.8 Å². The van der Waals surface area contributed by atoms with Crippen molar-refractivity contribution in [1.29, 1.82) is 0 Å². The molecule has 0 atom stereocenters. The van der Waals surface area contributed by atoms with Crippen molar-refractivity contribution < 1.29 is 4.79 Å². The van der Waals surface area contributed by atoms with E-state index in [1.54, 1.807) is 29.2 Å². The van der Waals surface area contributed by atoms with Crippen LogP contribution in [0.2, 0.25) is 0 Å². The van der Waals surface area contributed by atoms with Crippen LogP contribution in [0, 0.1) is 6.92 Å². The van der Waals surface area contributed by atoms with E-state index in [-0.39, 0.29) is 17.9 Å². The summed E-state index contributed by atoms with van der Waals surface area (Å²) in [4.78, 5) is 24.6. The Bertz CT molecular complexity index is 968. The molecule has 0 bridgehead atoms. The van der Waals surface area contributed by atoms with E-state index in [0.29, 0.717) is 12.1 Å². The van der Waals surface area contributed by atoms with Crippen molar-refractivity contribution in [1.82, 2.24) is 14.3 Å². The van der Waals surface area contributed by atoms with E-state index in [1.165, 1.54) is 10.6 Å². The van der Waals surface area contributed by atoms with Gasteiger partial charge in [-0.3, -0.25) is 14.3 Å². The van der Waals surface area contributed by atoms with Crippen LogP contribution in [0.5, 0.6) is 0 Å². The van der Waals surface area contributed by atoms with E-state index in [1.807, 2.05) is 37.3 Å². The van der Waals surface area contributed by atoms with E-state index in [2.05, 4.69) is 11.7 Å². The third-order valence-electron chi connectivity index (χ3n) is 4.15. The van der Waals surface area contributed by atoms with Crippen LogP contribution in [-0.2, 0) is 13.1 Å². The van der Waals surface area contributed by atoms with E-state index >= 15 is 0 Å². The average Bonchev–Trinajstić information content (AvgIpc) is 2.98. The molecule has 5 nitrogen and oxygen atoms in total. The summed E-state index contributed by atoms with van der Waals surface area (Å²) in [6.07, 6.45) is 4.79. The number of carbonyl (C=O) groups is 1. The number of hydrogen-bond donors (Lipinski definition) is 0. The van der Waals surface area contributed by atoms with Crippen LogP contribution >= 0.6 is 0 Å². The minimum Gasteiger partial charge on any atom is -0.308 e. The third kappa shape index (κ3) is 3.66. The Kier molecular flexibility index (Phi) is 4.75. The Balaban J connectivity index is 1.79. The zero-order valence-electron chi connectivity index (χ0n) is 14.1. The van der Waals surface area contributed by atoms with Crippen LogP contribution < -0.4 is 5.56 Å². The van der Waals surface area contributed by atoms with Crippen LogP contribution in [0.3, 0.4) is 0 Å². The van der Waals surface area contributed by atoms with Crippen molar-refractivity contribution in [2.75, 3.05) is 0 Å². The van der Waals surface area contributed by atoms with Crippen molar-refractivity contribution in [3.05, 3.63) is 94.2 Å². The number of rotatable bonds is 6. The SMILES string of the molecule is C=Cc1ccn(CC(=O)c2cnn(Cc3ccccc3)c2C)c(=O)c1. The maximum Gasteiger partial charge on any atom is 0.251 e. The number of Topliss-reactive ketones (excluding diaryl/α,β-unsaturated/α-hetero) is 1. The summed E-state index contributed by atoms with van der Waals surface area (Å²) in [6, 6.07) is 13.2. The predicted molar refractivity (Wildman–Crippen MR) is 97.6 cm³/mol. The number of carbonyl (C=O) groups excluding carboxylic acids is 1. The number of aromatic nitrogens is 3. The van der Waals surface area contributed by atoms with Crippen molar-refractivity contribution in [3.63, 3.8) is 0 Å². The molecule has 2 heterocycles. The lowest BCUT2D eigenvalue weighted by Crippen LogP contribution is -2.23. The van der Waals surface area contributed by atoms with Crippen LogP contribution in [0.25, 0.3) is 6.08 Å². The van der Waals surface area contributed by atoms with E-state index in [9.17, 15) is 9.59 Å². The Morgan fingerprint density at radius 3 is 2.68 bits per heavy atom. The van der Waals surface area contributed by atoms with Gasteiger partial charge in [-0.05, 0) is 24.1 Å². The molecule has 0 spiro atoms. The molecule has 0 saturated heterocycles. The fraction of sp³-hybridized carbons (Fsp3) is 0.150. The molecule has 0 saturated carbocycles. The summed E-state index contributed by atoms with van der Waals surface area (Å²) in [7, 11) is 0. The van der Waals surface area contributed by atoms with Crippen LogP contribution in [0.4, 0.5) is 0 Å². The summed E-state index contributed by atoms with van der Waals surface area (Å²) in [6.45, 7) is 6.10. The van der Waals surface area contributed by atoms with Crippen molar-refractivity contribution >= 4 is 11.9 Å². The molecule has 2 aromatic heterocycles. The first-order chi connectivity index (χ1) is 12.1. The first kappa shape index (κ1) is 16.6. The molecule has 5 heteroatoms. The molecule has 0 aliphatic rings. The molecule has 0 radical (unpaired) electrons. The number of pyridine rings is 1. The second-order valence-electron chi connectivity index (χ2n) is 5.84. The third-order valence-corrected chi connectivity index (χ3v) is 4.15. The molecular weight excluding hydrogens is 314 g/mol. The van der Waals surface area contributed by atoms with Crippen molar-refractivity contribution in [2.24, 2.45) is 0 Å². The maximum absolute atomic E-state index is 12.6. The van der Waals surface area contributed by atoms with Gasteiger partial charge in [-0.1, -0.05) is 43.0 Å². The van der Waals surface area contributed by atoms with E-state index in [4.69, 9.17) is 0 Å². The molecular formula is C20H19N3O2. The van der Waals surface area contributed by atoms with Gasteiger partial charge in [0.1, 0.15) is 0 Å². The van der Waals surface area contributed by atoms with Gasteiger partial charge < -0.3 is 4.57 Å². The fourth-order valence-corrected chi connectivity index (χ4v) is 2.66. The quantitative estimate of drug-likeness (QED) is 0.652. The Morgan fingerprint density at radius 1 is 1.24 bits per heavy atom. The zero-order valence-corrected chi connectivity index (χ0v) is 14.1. The van der Waals surface area contributed by atoms with Gasteiger partial charge in [0.15, 0.2) is 5.78 Å². The van der Waals surface area contributed by atoms with E-state index < -0.39 is 0 Å². The summed E-state index contributed by atoms with van der Waals surface area (Å²) < 4.78 is 3.19. The van der Waals surface area contributed by atoms with Crippen molar-refractivity contribution in [2.45, 2.75) is 20.0 Å². The summed E-state index contributed by atoms with van der Waals surface area (Å²) in [5.74, 6) is -0.134.